The highest BCUT2D eigenvalue weighted by molar-refractivity contribution is 5.93. The number of ether oxygens (including phenoxy) is 3. The summed E-state index contributed by atoms with van der Waals surface area (Å²) < 4.78 is 16.2. The maximum absolute atomic E-state index is 12.6. The third kappa shape index (κ3) is 3.31. The summed E-state index contributed by atoms with van der Waals surface area (Å²) in [4.78, 5) is 12.6. The summed E-state index contributed by atoms with van der Waals surface area (Å²) in [6, 6.07) is 5.93. The van der Waals surface area contributed by atoms with Gasteiger partial charge in [0.15, 0.2) is 0 Å². The van der Waals surface area contributed by atoms with Crippen LogP contribution in [0, 0.1) is 25.2 Å². The molecule has 0 spiro atoms. The number of nitrogens with zero attached hydrogens (tertiary/aromatic N) is 1. The van der Waals surface area contributed by atoms with Crippen LogP contribution in [0.4, 0.5) is 0 Å². The molecular weight excluding hydrogens is 320 g/mol. The number of rotatable bonds is 4. The van der Waals surface area contributed by atoms with Crippen LogP contribution in [0.15, 0.2) is 34.9 Å². The lowest BCUT2D eigenvalue weighted by Gasteiger charge is -2.28. The molecule has 2 rings (SSSR count). The molecule has 1 atom stereocenters. The highest BCUT2D eigenvalue weighted by Gasteiger charge is 2.38. The second-order valence-corrected chi connectivity index (χ2v) is 5.82. The summed E-state index contributed by atoms with van der Waals surface area (Å²) in [5.41, 5.74) is 8.92. The Hall–Kier alpha value is -2.94. The highest BCUT2D eigenvalue weighted by Crippen LogP contribution is 2.44. The molecule has 25 heavy (non-hydrogen) atoms. The van der Waals surface area contributed by atoms with E-state index in [9.17, 15) is 10.1 Å². The minimum Gasteiger partial charge on any atom is -0.496 e. The van der Waals surface area contributed by atoms with Crippen molar-refractivity contribution in [3.8, 4) is 11.8 Å². The van der Waals surface area contributed by atoms with Gasteiger partial charge in [0.05, 0.1) is 25.2 Å². The summed E-state index contributed by atoms with van der Waals surface area (Å²) in [7, 11) is 1.56. The van der Waals surface area contributed by atoms with E-state index < -0.39 is 11.9 Å². The van der Waals surface area contributed by atoms with Crippen LogP contribution >= 0.6 is 0 Å². The lowest BCUT2D eigenvalue weighted by atomic mass is 9.81. The third-order valence-electron chi connectivity index (χ3n) is 4.06. The van der Waals surface area contributed by atoms with Crippen LogP contribution in [0.2, 0.25) is 0 Å². The average molecular weight is 342 g/mol. The number of nitriles is 1. The van der Waals surface area contributed by atoms with Crippen LogP contribution in [0.5, 0.6) is 5.75 Å². The standard InChI is InChI=1S/C19H22N2O4/c1-6-24-19(22)15-12(4)25-18(21)14(9-20)16(15)13-8-10(2)7-11(3)17(13)23-5/h7-8,16H,6,21H2,1-5H3. The summed E-state index contributed by atoms with van der Waals surface area (Å²) in [6.45, 7) is 7.42. The molecule has 1 aromatic rings. The topological polar surface area (TPSA) is 94.6 Å². The van der Waals surface area contributed by atoms with E-state index in [0.29, 0.717) is 17.1 Å². The Morgan fingerprint density at radius 2 is 2.04 bits per heavy atom. The number of allylic oxidation sites excluding steroid dienone is 2. The van der Waals surface area contributed by atoms with E-state index in [1.54, 1.807) is 21.0 Å². The Morgan fingerprint density at radius 1 is 1.36 bits per heavy atom. The largest absolute Gasteiger partial charge is 0.496 e. The molecule has 0 fully saturated rings. The molecule has 1 heterocycles. The molecule has 1 unspecified atom stereocenters. The molecule has 0 radical (unpaired) electrons. The van der Waals surface area contributed by atoms with Crippen molar-refractivity contribution in [2.45, 2.75) is 33.6 Å². The van der Waals surface area contributed by atoms with Gasteiger partial charge in [0.2, 0.25) is 5.88 Å². The summed E-state index contributed by atoms with van der Waals surface area (Å²) in [5.74, 6) is -0.328. The third-order valence-corrected chi connectivity index (χ3v) is 4.06. The number of carbonyl (C=O) groups excluding carboxylic acids is 1. The normalized spacial score (nSPS) is 17.0. The van der Waals surface area contributed by atoms with Gasteiger partial charge in [-0.05, 0) is 33.3 Å². The predicted molar refractivity (Wildman–Crippen MR) is 92.5 cm³/mol. The number of methoxy groups -OCH3 is 1. The van der Waals surface area contributed by atoms with Crippen molar-refractivity contribution < 1.29 is 19.0 Å². The van der Waals surface area contributed by atoms with E-state index in [4.69, 9.17) is 19.9 Å². The van der Waals surface area contributed by atoms with Gasteiger partial charge in [-0.3, -0.25) is 0 Å². The Bertz CT molecular complexity index is 815. The van der Waals surface area contributed by atoms with E-state index >= 15 is 0 Å². The number of esters is 1. The first-order chi connectivity index (χ1) is 11.8. The zero-order chi connectivity index (χ0) is 18.7. The quantitative estimate of drug-likeness (QED) is 0.845. The van der Waals surface area contributed by atoms with Gasteiger partial charge >= 0.3 is 5.97 Å². The number of hydrogen-bond acceptors (Lipinski definition) is 6. The van der Waals surface area contributed by atoms with Gasteiger partial charge in [-0.1, -0.05) is 17.7 Å². The maximum Gasteiger partial charge on any atom is 0.338 e. The molecule has 0 aromatic heterocycles. The lowest BCUT2D eigenvalue weighted by molar-refractivity contribution is -0.139. The summed E-state index contributed by atoms with van der Waals surface area (Å²) in [6.07, 6.45) is 0. The molecule has 6 heteroatoms. The van der Waals surface area contributed by atoms with E-state index in [1.807, 2.05) is 26.0 Å². The lowest BCUT2D eigenvalue weighted by Crippen LogP contribution is -2.26. The van der Waals surface area contributed by atoms with Crippen molar-refractivity contribution >= 4 is 5.97 Å². The number of nitrogens with two attached hydrogens (primary N) is 1. The second-order valence-electron chi connectivity index (χ2n) is 5.82. The van der Waals surface area contributed by atoms with E-state index in [-0.39, 0.29) is 23.6 Å². The fourth-order valence-corrected chi connectivity index (χ4v) is 3.15. The van der Waals surface area contributed by atoms with Crippen molar-refractivity contribution in [1.82, 2.24) is 0 Å². The van der Waals surface area contributed by atoms with Crippen LogP contribution in [0.3, 0.4) is 0 Å². The van der Waals surface area contributed by atoms with Crippen molar-refractivity contribution in [2.75, 3.05) is 13.7 Å². The smallest absolute Gasteiger partial charge is 0.338 e. The van der Waals surface area contributed by atoms with Crippen LogP contribution in [-0.2, 0) is 14.3 Å². The molecule has 1 aliphatic heterocycles. The van der Waals surface area contributed by atoms with Gasteiger partial charge in [0.1, 0.15) is 23.2 Å². The van der Waals surface area contributed by atoms with Crippen molar-refractivity contribution in [1.29, 1.82) is 5.26 Å². The predicted octanol–water partition coefficient (Wildman–Crippen LogP) is 2.96. The molecule has 1 aromatic carbocycles. The van der Waals surface area contributed by atoms with Crippen LogP contribution in [0.1, 0.15) is 36.5 Å². The van der Waals surface area contributed by atoms with Crippen LogP contribution in [-0.4, -0.2) is 19.7 Å². The second kappa shape index (κ2) is 7.31. The average Bonchev–Trinajstić information content (AvgIpc) is 2.53. The molecule has 2 N–H and O–H groups in total. The van der Waals surface area contributed by atoms with Gasteiger partial charge in [-0.15, -0.1) is 0 Å². The van der Waals surface area contributed by atoms with Crippen molar-refractivity contribution in [2.24, 2.45) is 5.73 Å². The van der Waals surface area contributed by atoms with Crippen LogP contribution < -0.4 is 10.5 Å². The monoisotopic (exact) mass is 342 g/mol. The maximum atomic E-state index is 12.6. The molecule has 0 saturated heterocycles. The molecule has 0 amide bonds. The minimum absolute atomic E-state index is 0.0146. The zero-order valence-electron chi connectivity index (χ0n) is 15.1. The first kappa shape index (κ1) is 18.4. The van der Waals surface area contributed by atoms with E-state index in [1.165, 1.54) is 0 Å². The first-order valence-electron chi connectivity index (χ1n) is 7.96. The number of hydrogen-bond donors (Lipinski definition) is 1. The summed E-state index contributed by atoms with van der Waals surface area (Å²) in [5, 5.41) is 9.63. The molecule has 6 nitrogen and oxygen atoms in total. The minimum atomic E-state index is -0.702. The molecule has 0 aliphatic carbocycles. The summed E-state index contributed by atoms with van der Waals surface area (Å²) >= 11 is 0. The van der Waals surface area contributed by atoms with Gasteiger partial charge in [0.25, 0.3) is 0 Å². The highest BCUT2D eigenvalue weighted by atomic mass is 16.5. The molecule has 0 bridgehead atoms. The molecule has 0 saturated carbocycles. The Kier molecular flexibility index (Phi) is 5.38. The first-order valence-corrected chi connectivity index (χ1v) is 7.96. The Balaban J connectivity index is 2.78. The molecule has 1 aliphatic rings. The number of benzene rings is 1. The van der Waals surface area contributed by atoms with Gasteiger partial charge in [0, 0.05) is 5.56 Å². The zero-order valence-corrected chi connectivity index (χ0v) is 15.1. The van der Waals surface area contributed by atoms with E-state index in [0.717, 1.165) is 11.1 Å². The Labute approximate surface area is 147 Å². The fraction of sp³-hybridized carbons (Fsp3) is 0.368. The van der Waals surface area contributed by atoms with Gasteiger partial charge < -0.3 is 19.9 Å². The van der Waals surface area contributed by atoms with Gasteiger partial charge in [-0.25, -0.2) is 4.79 Å². The van der Waals surface area contributed by atoms with Crippen molar-refractivity contribution in [3.05, 3.63) is 51.6 Å². The van der Waals surface area contributed by atoms with Gasteiger partial charge in [-0.2, -0.15) is 5.26 Å². The SMILES string of the molecule is CCOC(=O)C1=C(C)OC(N)=C(C#N)C1c1cc(C)cc(C)c1OC. The molecule has 132 valence electrons. The van der Waals surface area contributed by atoms with E-state index in [2.05, 4.69) is 6.07 Å². The number of aryl methyl sites for hydroxylation is 2. The number of carbonyl (C=O) groups is 1. The fourth-order valence-electron chi connectivity index (χ4n) is 3.15. The molecular formula is C19H22N2O4. The van der Waals surface area contributed by atoms with Crippen molar-refractivity contribution in [3.63, 3.8) is 0 Å². The van der Waals surface area contributed by atoms with Crippen LogP contribution in [0.25, 0.3) is 0 Å². The Morgan fingerprint density at radius 3 is 2.60 bits per heavy atom.